The van der Waals surface area contributed by atoms with E-state index in [9.17, 15) is 19.2 Å². The van der Waals surface area contributed by atoms with Gasteiger partial charge in [0.25, 0.3) is 0 Å². The monoisotopic (exact) mass is 620 g/mol. The average Bonchev–Trinajstić information content (AvgIpc) is 3.06. The molecule has 12 heteroatoms. The van der Waals surface area contributed by atoms with Crippen molar-refractivity contribution in [3.05, 3.63) is 107 Å². The van der Waals surface area contributed by atoms with Crippen LogP contribution in [0, 0.1) is 0 Å². The molecule has 0 saturated carbocycles. The van der Waals surface area contributed by atoms with E-state index in [2.05, 4.69) is 14.7 Å². The summed E-state index contributed by atoms with van der Waals surface area (Å²) in [5.41, 5.74) is 2.46. The third-order valence-corrected chi connectivity index (χ3v) is 5.73. The zero-order valence-corrected chi connectivity index (χ0v) is 23.5. The number of esters is 1. The van der Waals surface area contributed by atoms with Gasteiger partial charge >= 0.3 is 11.9 Å². The largest absolute Gasteiger partial charge is 0.497 e. The maximum absolute atomic E-state index is 11.4. The third kappa shape index (κ3) is 10.8. The average molecular weight is 621 g/mol. The van der Waals surface area contributed by atoms with Gasteiger partial charge < -0.3 is 28.8 Å². The molecule has 0 fully saturated rings. The number of aldehydes is 2. The molecular weight excluding hydrogens is 584 g/mol. The number of carbonyl (C=O) groups excluding carboxylic acids is 3. The van der Waals surface area contributed by atoms with Crippen LogP contribution in [0.25, 0.3) is 0 Å². The molecule has 2 aromatic carbocycles. The van der Waals surface area contributed by atoms with Gasteiger partial charge in [-0.25, -0.2) is 9.59 Å². The number of carboxylic acids is 1. The maximum atomic E-state index is 11.4. The molecule has 1 N–H and O–H groups in total. The first-order valence-corrected chi connectivity index (χ1v) is 12.5. The number of nitrogens with zero attached hydrogens (tertiary/aromatic N) is 2. The van der Waals surface area contributed by atoms with Crippen LogP contribution in [0.1, 0.15) is 67.4 Å². The number of ether oxygens (including phenoxy) is 5. The fourth-order valence-corrected chi connectivity index (χ4v) is 3.56. The van der Waals surface area contributed by atoms with Crippen LogP contribution in [0.3, 0.4) is 0 Å². The van der Waals surface area contributed by atoms with E-state index < -0.39 is 11.9 Å². The van der Waals surface area contributed by atoms with Crippen LogP contribution >= 0.6 is 0 Å². The standard InChI is InChI=1S/C16H15NO5.C15H13NO5.2CH4/c1-20-14-3-4-15(13(6-14)9-18)22-10-11-5-12(8-17-7-11)16(19)21-2;1-20-13-2-3-14(12(5-13)8-17)21-9-10-4-11(15(18)19)7-16-6-10;;/h3-9H,10H2,1-2H3;2-8H,9H2,1H3,(H,18,19);2*1H4. The van der Waals surface area contributed by atoms with Gasteiger partial charge in [0.05, 0.1) is 43.6 Å². The first-order valence-electron chi connectivity index (χ1n) is 12.5. The Morgan fingerprint density at radius 3 is 1.53 bits per heavy atom. The number of hydrogen-bond donors (Lipinski definition) is 1. The van der Waals surface area contributed by atoms with E-state index in [1.54, 1.807) is 48.7 Å². The molecule has 0 aliphatic rings. The van der Waals surface area contributed by atoms with Crippen LogP contribution in [0.15, 0.2) is 73.3 Å². The van der Waals surface area contributed by atoms with E-state index in [4.69, 9.17) is 24.1 Å². The van der Waals surface area contributed by atoms with Gasteiger partial charge in [-0.3, -0.25) is 19.6 Å². The summed E-state index contributed by atoms with van der Waals surface area (Å²) >= 11 is 0. The Bertz CT molecular complexity index is 1590. The maximum Gasteiger partial charge on any atom is 0.339 e. The van der Waals surface area contributed by atoms with Gasteiger partial charge in [0.15, 0.2) is 12.6 Å². The second kappa shape index (κ2) is 18.7. The topological polar surface area (TPSA) is 160 Å². The van der Waals surface area contributed by atoms with Crippen LogP contribution in [0.4, 0.5) is 0 Å². The predicted octanol–water partition coefficient (Wildman–Crippen LogP) is 5.72. The fourth-order valence-electron chi connectivity index (χ4n) is 3.56. The number of aromatic nitrogens is 2. The summed E-state index contributed by atoms with van der Waals surface area (Å²) < 4.78 is 25.8. The molecule has 0 aliphatic carbocycles. The second-order valence-corrected chi connectivity index (χ2v) is 8.58. The SMILES string of the molecule is C.C.COC(=O)c1cncc(COc2ccc(OC)cc2C=O)c1.COc1ccc(OCc2cncc(C(=O)O)c2)c(C=O)c1. The lowest BCUT2D eigenvalue weighted by Gasteiger charge is -2.10. The Hall–Kier alpha value is -5.78. The molecule has 0 bridgehead atoms. The number of pyridine rings is 2. The van der Waals surface area contributed by atoms with Crippen molar-refractivity contribution >= 4 is 24.5 Å². The van der Waals surface area contributed by atoms with Gasteiger partial charge in [0.2, 0.25) is 0 Å². The second-order valence-electron chi connectivity index (χ2n) is 8.58. The van der Waals surface area contributed by atoms with E-state index in [1.165, 1.54) is 46.0 Å². The molecule has 0 amide bonds. The van der Waals surface area contributed by atoms with Crippen molar-refractivity contribution in [2.45, 2.75) is 28.1 Å². The zero-order valence-electron chi connectivity index (χ0n) is 23.5. The van der Waals surface area contributed by atoms with Crippen LogP contribution in [-0.2, 0) is 18.0 Å². The molecule has 0 unspecified atom stereocenters. The summed E-state index contributed by atoms with van der Waals surface area (Å²) in [6.07, 6.45) is 7.13. The highest BCUT2D eigenvalue weighted by atomic mass is 16.5. The molecular formula is C33H36N2O10. The van der Waals surface area contributed by atoms with Crippen LogP contribution in [-0.4, -0.2) is 60.9 Å². The number of rotatable bonds is 12. The van der Waals surface area contributed by atoms with Crippen LogP contribution < -0.4 is 18.9 Å². The molecule has 0 radical (unpaired) electrons. The Balaban J connectivity index is 0.000000431. The molecule has 0 aliphatic heterocycles. The highest BCUT2D eigenvalue weighted by Crippen LogP contribution is 2.24. The molecule has 45 heavy (non-hydrogen) atoms. The lowest BCUT2D eigenvalue weighted by atomic mass is 10.2. The normalized spacial score (nSPS) is 9.49. The van der Waals surface area contributed by atoms with E-state index in [1.807, 2.05) is 0 Å². The number of hydrogen-bond acceptors (Lipinski definition) is 11. The Kier molecular flexibility index (Phi) is 15.5. The Morgan fingerprint density at radius 1 is 0.689 bits per heavy atom. The van der Waals surface area contributed by atoms with Crippen molar-refractivity contribution < 1.29 is 48.0 Å². The van der Waals surface area contributed by atoms with Crippen molar-refractivity contribution in [2.75, 3.05) is 21.3 Å². The number of benzene rings is 2. The minimum absolute atomic E-state index is 0. The van der Waals surface area contributed by atoms with Crippen LogP contribution in [0.5, 0.6) is 23.0 Å². The van der Waals surface area contributed by atoms with Gasteiger partial charge in [-0.1, -0.05) is 14.9 Å². The first-order chi connectivity index (χ1) is 20.8. The first kappa shape index (κ1) is 37.2. The summed E-state index contributed by atoms with van der Waals surface area (Å²) in [5, 5.41) is 8.89. The fraction of sp³-hybridized carbons (Fsp3) is 0.212. The highest BCUT2D eigenvalue weighted by Gasteiger charge is 2.10. The minimum Gasteiger partial charge on any atom is -0.497 e. The summed E-state index contributed by atoms with van der Waals surface area (Å²) in [4.78, 5) is 52.2. The lowest BCUT2D eigenvalue weighted by molar-refractivity contribution is 0.0599. The smallest absolute Gasteiger partial charge is 0.339 e. The third-order valence-electron chi connectivity index (χ3n) is 5.73. The van der Waals surface area contributed by atoms with E-state index >= 15 is 0 Å². The minimum atomic E-state index is -1.05. The molecule has 0 spiro atoms. The molecule has 0 atom stereocenters. The van der Waals surface area contributed by atoms with Gasteiger partial charge in [-0.15, -0.1) is 0 Å². The summed E-state index contributed by atoms with van der Waals surface area (Å²) in [7, 11) is 4.33. The number of aromatic carboxylic acids is 1. The molecule has 0 saturated heterocycles. The summed E-state index contributed by atoms with van der Waals surface area (Å²) in [6, 6.07) is 12.9. The zero-order chi connectivity index (χ0) is 31.2. The highest BCUT2D eigenvalue weighted by molar-refractivity contribution is 5.89. The van der Waals surface area contributed by atoms with Gasteiger partial charge in [0.1, 0.15) is 36.2 Å². The Morgan fingerprint density at radius 2 is 1.13 bits per heavy atom. The van der Waals surface area contributed by atoms with Crippen molar-refractivity contribution in [1.29, 1.82) is 0 Å². The quantitative estimate of drug-likeness (QED) is 0.152. The molecule has 12 nitrogen and oxygen atoms in total. The van der Waals surface area contributed by atoms with E-state index in [0.29, 0.717) is 63.4 Å². The number of methoxy groups -OCH3 is 3. The lowest BCUT2D eigenvalue weighted by Crippen LogP contribution is -2.05. The van der Waals surface area contributed by atoms with E-state index in [0.717, 1.165) is 0 Å². The molecule has 2 aromatic heterocycles. The Labute approximate surface area is 261 Å². The van der Waals surface area contributed by atoms with Crippen molar-refractivity contribution in [1.82, 2.24) is 9.97 Å². The van der Waals surface area contributed by atoms with Gasteiger partial charge in [-0.05, 0) is 48.5 Å². The van der Waals surface area contributed by atoms with E-state index in [-0.39, 0.29) is 33.6 Å². The predicted molar refractivity (Wildman–Crippen MR) is 166 cm³/mol. The molecule has 2 heterocycles. The summed E-state index contributed by atoms with van der Waals surface area (Å²) in [5.74, 6) is 0.434. The van der Waals surface area contributed by atoms with Gasteiger partial charge in [0, 0.05) is 35.9 Å². The van der Waals surface area contributed by atoms with Crippen molar-refractivity contribution in [3.63, 3.8) is 0 Å². The summed E-state index contributed by atoms with van der Waals surface area (Å²) in [6.45, 7) is 0.284. The molecule has 4 aromatic rings. The molecule has 238 valence electrons. The van der Waals surface area contributed by atoms with Crippen LogP contribution in [0.2, 0.25) is 0 Å². The van der Waals surface area contributed by atoms with Crippen molar-refractivity contribution in [2.24, 2.45) is 0 Å². The molecule has 4 rings (SSSR count). The number of carboxylic acid groups (broad SMARTS) is 1. The van der Waals surface area contributed by atoms with Gasteiger partial charge in [-0.2, -0.15) is 0 Å². The number of carbonyl (C=O) groups is 4. The van der Waals surface area contributed by atoms with Crippen molar-refractivity contribution in [3.8, 4) is 23.0 Å².